The molecule has 0 radical (unpaired) electrons. The van der Waals surface area contributed by atoms with Gasteiger partial charge in [0, 0.05) is 5.92 Å². The molecule has 1 N–H and O–H groups in total. The van der Waals surface area contributed by atoms with E-state index in [1.54, 1.807) is 0 Å². The molecular formula is C13H19NO. The molecule has 0 saturated heterocycles. The third-order valence-corrected chi connectivity index (χ3v) is 3.76. The molecule has 2 rings (SSSR count). The summed E-state index contributed by atoms with van der Waals surface area (Å²) in [5, 5.41) is 2.95. The van der Waals surface area contributed by atoms with Crippen LogP contribution in [0.1, 0.15) is 39.5 Å². The van der Waals surface area contributed by atoms with Gasteiger partial charge in [-0.2, -0.15) is 0 Å². The fraction of sp³-hybridized carbons (Fsp3) is 0.769. The van der Waals surface area contributed by atoms with E-state index in [0.717, 1.165) is 0 Å². The second-order valence-corrected chi connectivity index (χ2v) is 5.40. The van der Waals surface area contributed by atoms with Crippen LogP contribution >= 0.6 is 0 Å². The zero-order valence-corrected chi connectivity index (χ0v) is 9.55. The summed E-state index contributed by atoms with van der Waals surface area (Å²) in [4.78, 5) is 11.9. The van der Waals surface area contributed by atoms with Crippen LogP contribution in [0.2, 0.25) is 0 Å². The Bertz CT molecular complexity index is 301. The van der Waals surface area contributed by atoms with Gasteiger partial charge in [0.2, 0.25) is 5.91 Å². The highest BCUT2D eigenvalue weighted by Gasteiger charge is 2.55. The van der Waals surface area contributed by atoms with Gasteiger partial charge in [0.1, 0.15) is 0 Å². The normalized spacial score (nSPS) is 33.8. The molecule has 0 bridgehead atoms. The number of hydrogen-bond donors (Lipinski definition) is 1. The first-order valence-electron chi connectivity index (χ1n) is 5.85. The number of hydrogen-bond acceptors (Lipinski definition) is 1. The molecule has 0 spiro atoms. The lowest BCUT2D eigenvalue weighted by Crippen LogP contribution is -2.43. The molecule has 0 aromatic heterocycles. The quantitative estimate of drug-likeness (QED) is 0.686. The molecule has 15 heavy (non-hydrogen) atoms. The van der Waals surface area contributed by atoms with E-state index in [1.807, 2.05) is 13.8 Å². The molecule has 0 aliphatic heterocycles. The van der Waals surface area contributed by atoms with Crippen molar-refractivity contribution in [2.75, 3.05) is 0 Å². The van der Waals surface area contributed by atoms with Gasteiger partial charge in [-0.15, -0.1) is 6.42 Å². The van der Waals surface area contributed by atoms with Crippen molar-refractivity contribution >= 4 is 5.91 Å². The van der Waals surface area contributed by atoms with Crippen molar-refractivity contribution in [3.63, 3.8) is 0 Å². The van der Waals surface area contributed by atoms with Crippen molar-refractivity contribution < 1.29 is 4.79 Å². The van der Waals surface area contributed by atoms with Crippen molar-refractivity contribution in [2.45, 2.75) is 45.1 Å². The first-order valence-corrected chi connectivity index (χ1v) is 5.85. The Hall–Kier alpha value is -0.970. The SMILES string of the molecule is C#CC(C)(C)NC(=O)C1C2CCCCC21. The van der Waals surface area contributed by atoms with Crippen LogP contribution in [-0.4, -0.2) is 11.4 Å². The van der Waals surface area contributed by atoms with E-state index in [0.29, 0.717) is 11.8 Å². The van der Waals surface area contributed by atoms with Crippen molar-refractivity contribution in [1.82, 2.24) is 5.32 Å². The van der Waals surface area contributed by atoms with Crippen LogP contribution in [-0.2, 0) is 4.79 Å². The fourth-order valence-corrected chi connectivity index (χ4v) is 2.81. The summed E-state index contributed by atoms with van der Waals surface area (Å²) in [7, 11) is 0. The summed E-state index contributed by atoms with van der Waals surface area (Å²) < 4.78 is 0. The maximum absolute atomic E-state index is 11.9. The van der Waals surface area contributed by atoms with Crippen LogP contribution in [0.5, 0.6) is 0 Å². The molecule has 0 aromatic rings. The molecule has 2 nitrogen and oxygen atoms in total. The second kappa shape index (κ2) is 3.56. The summed E-state index contributed by atoms with van der Waals surface area (Å²) in [5.74, 6) is 4.36. The lowest BCUT2D eigenvalue weighted by molar-refractivity contribution is -0.123. The van der Waals surface area contributed by atoms with Crippen LogP contribution in [0.3, 0.4) is 0 Å². The van der Waals surface area contributed by atoms with E-state index in [1.165, 1.54) is 25.7 Å². The second-order valence-electron chi connectivity index (χ2n) is 5.40. The molecule has 2 saturated carbocycles. The molecule has 2 unspecified atom stereocenters. The third kappa shape index (κ3) is 2.02. The molecule has 2 aliphatic carbocycles. The Morgan fingerprint density at radius 3 is 2.33 bits per heavy atom. The van der Waals surface area contributed by atoms with Gasteiger partial charge in [0.05, 0.1) is 5.54 Å². The van der Waals surface area contributed by atoms with Crippen LogP contribution < -0.4 is 5.32 Å². The van der Waals surface area contributed by atoms with E-state index in [4.69, 9.17) is 6.42 Å². The molecule has 1 amide bonds. The van der Waals surface area contributed by atoms with Crippen molar-refractivity contribution in [1.29, 1.82) is 0 Å². The fourth-order valence-electron chi connectivity index (χ4n) is 2.81. The Balaban J connectivity index is 1.91. The average molecular weight is 205 g/mol. The highest BCUT2D eigenvalue weighted by atomic mass is 16.2. The predicted molar refractivity (Wildman–Crippen MR) is 60.0 cm³/mol. The predicted octanol–water partition coefficient (Wildman–Crippen LogP) is 1.95. The summed E-state index contributed by atoms with van der Waals surface area (Å²) in [6.07, 6.45) is 10.4. The van der Waals surface area contributed by atoms with Gasteiger partial charge in [0.25, 0.3) is 0 Å². The molecular weight excluding hydrogens is 186 g/mol. The van der Waals surface area contributed by atoms with Gasteiger partial charge < -0.3 is 5.32 Å². The Labute approximate surface area is 91.8 Å². The lowest BCUT2D eigenvalue weighted by atomic mass is 10.0. The third-order valence-electron chi connectivity index (χ3n) is 3.76. The molecule has 2 fully saturated rings. The standard InChI is InChI=1S/C13H19NO/c1-4-13(2,3)14-12(15)11-9-7-5-6-8-10(9)11/h1,9-11H,5-8H2,2-3H3,(H,14,15). The highest BCUT2D eigenvalue weighted by Crippen LogP contribution is 2.55. The summed E-state index contributed by atoms with van der Waals surface area (Å²) in [5.41, 5.74) is -0.497. The minimum absolute atomic E-state index is 0.176. The van der Waals surface area contributed by atoms with Gasteiger partial charge in [-0.25, -0.2) is 0 Å². The van der Waals surface area contributed by atoms with E-state index in [-0.39, 0.29) is 11.8 Å². The Morgan fingerprint density at radius 2 is 1.87 bits per heavy atom. The van der Waals surface area contributed by atoms with Crippen LogP contribution in [0.25, 0.3) is 0 Å². The summed E-state index contributed by atoms with van der Waals surface area (Å²) in [6.45, 7) is 3.74. The molecule has 2 heteroatoms. The zero-order valence-electron chi connectivity index (χ0n) is 9.55. The van der Waals surface area contributed by atoms with Crippen molar-refractivity contribution in [3.05, 3.63) is 0 Å². The van der Waals surface area contributed by atoms with Gasteiger partial charge in [-0.05, 0) is 38.5 Å². The van der Waals surface area contributed by atoms with Crippen LogP contribution in [0.4, 0.5) is 0 Å². The Kier molecular flexibility index (Phi) is 2.50. The summed E-state index contributed by atoms with van der Waals surface area (Å²) >= 11 is 0. The number of carbonyl (C=O) groups is 1. The van der Waals surface area contributed by atoms with E-state index < -0.39 is 5.54 Å². The van der Waals surface area contributed by atoms with Crippen molar-refractivity contribution in [2.24, 2.45) is 17.8 Å². The number of nitrogens with one attached hydrogen (secondary N) is 1. The highest BCUT2D eigenvalue weighted by molar-refractivity contribution is 5.83. The minimum Gasteiger partial charge on any atom is -0.340 e. The number of fused-ring (bicyclic) bond motifs is 1. The van der Waals surface area contributed by atoms with Crippen LogP contribution in [0, 0.1) is 30.1 Å². The largest absolute Gasteiger partial charge is 0.340 e. The molecule has 0 aromatic carbocycles. The van der Waals surface area contributed by atoms with E-state index in [9.17, 15) is 4.79 Å². The minimum atomic E-state index is -0.497. The molecule has 82 valence electrons. The molecule has 2 aliphatic rings. The molecule has 2 atom stereocenters. The first-order chi connectivity index (χ1) is 7.05. The zero-order chi connectivity index (χ0) is 11.1. The monoisotopic (exact) mass is 205 g/mol. The lowest BCUT2D eigenvalue weighted by Gasteiger charge is -2.19. The first kappa shape index (κ1) is 10.5. The summed E-state index contributed by atoms with van der Waals surface area (Å²) in [6, 6.07) is 0. The van der Waals surface area contributed by atoms with Crippen molar-refractivity contribution in [3.8, 4) is 12.3 Å². The number of rotatable bonds is 2. The van der Waals surface area contributed by atoms with Gasteiger partial charge in [-0.1, -0.05) is 18.8 Å². The number of terminal acetylenes is 1. The van der Waals surface area contributed by atoms with E-state index >= 15 is 0 Å². The smallest absolute Gasteiger partial charge is 0.224 e. The van der Waals surface area contributed by atoms with Gasteiger partial charge >= 0.3 is 0 Å². The maximum atomic E-state index is 11.9. The molecule has 0 heterocycles. The van der Waals surface area contributed by atoms with Gasteiger partial charge in [-0.3, -0.25) is 4.79 Å². The number of amides is 1. The maximum Gasteiger partial charge on any atom is 0.224 e. The number of carbonyl (C=O) groups excluding carboxylic acids is 1. The van der Waals surface area contributed by atoms with Crippen LogP contribution in [0.15, 0.2) is 0 Å². The van der Waals surface area contributed by atoms with Gasteiger partial charge in [0.15, 0.2) is 0 Å². The van der Waals surface area contributed by atoms with E-state index in [2.05, 4.69) is 11.2 Å². The topological polar surface area (TPSA) is 29.1 Å². The Morgan fingerprint density at radius 1 is 1.33 bits per heavy atom. The average Bonchev–Trinajstić information content (AvgIpc) is 2.91.